The maximum atomic E-state index is 13.0. The van der Waals surface area contributed by atoms with Gasteiger partial charge in [0, 0.05) is 80.8 Å². The Hall–Kier alpha value is -5.64. The number of aliphatic carboxylic acids is 2. The SMILES string of the molecule is CC(=O)NC1C(O)CC(OCCCSCCCC(=O)c2ccc(C(=O)NCCSCCCOC3(C(=O)[O-])CC(O)C(NC(C)=O)C([C@H](O)[C@@H](O)CNC(=O)c4ccc(-c5ccccc5)cc4)O3)cc2)(C(=O)[O-])OC1[C@@H](O)[C@H](O)CNC(=O)c1ccc(-c2ccccc2)cc1.[Na+].[Na+]. The minimum Gasteiger partial charge on any atom is -0.544 e. The molecule has 25 nitrogen and oxygen atoms in total. The number of thioether (sulfide) groups is 2. The monoisotopic (exact) mass is 1380 g/mol. The van der Waals surface area contributed by atoms with Crippen LogP contribution in [-0.2, 0) is 38.1 Å². The van der Waals surface area contributed by atoms with Crippen molar-refractivity contribution in [1.82, 2.24) is 26.6 Å². The van der Waals surface area contributed by atoms with Crippen LogP contribution < -0.4 is 95.9 Å². The van der Waals surface area contributed by atoms with Crippen molar-refractivity contribution in [2.75, 3.05) is 55.9 Å². The topological polar surface area (TPSA) is 401 Å². The van der Waals surface area contributed by atoms with E-state index in [1.54, 1.807) is 60.7 Å². The maximum Gasteiger partial charge on any atom is 1.00 e. The Labute approximate surface area is 608 Å². The first-order valence-corrected chi connectivity index (χ1v) is 33.0. The molecule has 0 saturated carbocycles. The summed E-state index contributed by atoms with van der Waals surface area (Å²) < 4.78 is 22.9. The van der Waals surface area contributed by atoms with Crippen molar-refractivity contribution in [3.8, 4) is 22.3 Å². The van der Waals surface area contributed by atoms with E-state index in [1.807, 2.05) is 60.7 Å². The molecular formula is C67H79N5Na2O20S2. The molecule has 8 unspecified atom stereocenters. The first-order valence-electron chi connectivity index (χ1n) is 30.6. The number of carbonyl (C=O) groups excluding carboxylic acids is 8. The van der Waals surface area contributed by atoms with Crippen molar-refractivity contribution in [2.45, 2.75) is 125 Å². The van der Waals surface area contributed by atoms with Crippen molar-refractivity contribution in [3.63, 3.8) is 0 Å². The molecule has 29 heteroatoms. The average Bonchev–Trinajstić information content (AvgIpc) is 0.775. The normalized spacial score (nSPS) is 21.8. The smallest absolute Gasteiger partial charge is 0.544 e. The van der Waals surface area contributed by atoms with E-state index < -0.39 is 134 Å². The van der Waals surface area contributed by atoms with Gasteiger partial charge in [-0.2, -0.15) is 23.5 Å². The number of rotatable bonds is 35. The molecule has 2 heterocycles. The minimum atomic E-state index is -2.60. The molecule has 2 aliphatic rings. The van der Waals surface area contributed by atoms with E-state index in [1.165, 1.54) is 35.7 Å². The molecule has 5 amide bonds. The van der Waals surface area contributed by atoms with Crippen LogP contribution in [0.3, 0.4) is 0 Å². The van der Waals surface area contributed by atoms with Crippen LogP contribution in [0.15, 0.2) is 133 Å². The molecule has 0 radical (unpaired) electrons. The summed E-state index contributed by atoms with van der Waals surface area (Å²) in [6.07, 6.45) is -14.4. The number of benzene rings is 5. The summed E-state index contributed by atoms with van der Waals surface area (Å²) in [5.41, 5.74) is 4.85. The van der Waals surface area contributed by atoms with Crippen LogP contribution >= 0.6 is 23.5 Å². The van der Waals surface area contributed by atoms with Gasteiger partial charge in [-0.05, 0) is 95.2 Å². The van der Waals surface area contributed by atoms with Crippen molar-refractivity contribution >= 4 is 70.8 Å². The van der Waals surface area contributed by atoms with Crippen LogP contribution in [0, 0.1) is 0 Å². The number of aliphatic hydroxyl groups is 6. The second-order valence-electron chi connectivity index (χ2n) is 22.7. The molecule has 11 N–H and O–H groups in total. The minimum absolute atomic E-state index is 0. The van der Waals surface area contributed by atoms with Gasteiger partial charge in [0.05, 0.1) is 49.7 Å². The van der Waals surface area contributed by atoms with Crippen LogP contribution in [0.5, 0.6) is 0 Å². The Balaban J connectivity index is 0.00000833. The van der Waals surface area contributed by atoms with Crippen LogP contribution in [0.1, 0.15) is 93.8 Å². The molecule has 96 heavy (non-hydrogen) atoms. The summed E-state index contributed by atoms with van der Waals surface area (Å²) in [6.45, 7) is 1.06. The van der Waals surface area contributed by atoms with E-state index in [0.29, 0.717) is 40.6 Å². The molecule has 12 atom stereocenters. The third-order valence-corrected chi connectivity index (χ3v) is 17.9. The summed E-state index contributed by atoms with van der Waals surface area (Å²) >= 11 is 2.88. The molecule has 0 spiro atoms. The number of carboxylic acid groups (broad SMARTS) is 2. The molecule has 506 valence electrons. The molecular weight excluding hydrogens is 1300 g/mol. The molecule has 0 bridgehead atoms. The number of ether oxygens (including phenoxy) is 4. The molecule has 5 aromatic rings. The molecule has 5 aromatic carbocycles. The molecule has 0 aliphatic carbocycles. The quantitative estimate of drug-likeness (QED) is 0.0102. The van der Waals surface area contributed by atoms with Gasteiger partial charge in [-0.1, -0.05) is 97.1 Å². The second-order valence-corrected chi connectivity index (χ2v) is 25.1. The number of nitrogens with one attached hydrogen (secondary N) is 5. The van der Waals surface area contributed by atoms with Gasteiger partial charge in [0.25, 0.3) is 17.7 Å². The van der Waals surface area contributed by atoms with E-state index in [9.17, 15) is 79.2 Å². The van der Waals surface area contributed by atoms with Crippen LogP contribution in [0.25, 0.3) is 22.3 Å². The number of Topliss-reactive ketones (excluding diaryl/α,β-unsaturated/α-hetero) is 1. The van der Waals surface area contributed by atoms with Gasteiger partial charge in [0.1, 0.15) is 36.4 Å². The number of carboxylic acids is 2. The molecule has 7 rings (SSSR count). The van der Waals surface area contributed by atoms with E-state index in [0.717, 1.165) is 36.1 Å². The molecule has 2 saturated heterocycles. The zero-order chi connectivity index (χ0) is 68.0. The second kappa shape index (κ2) is 39.8. The Morgan fingerprint density at radius 3 is 1.23 bits per heavy atom. The predicted molar refractivity (Wildman–Crippen MR) is 342 cm³/mol. The summed E-state index contributed by atoms with van der Waals surface area (Å²) in [6, 6.07) is 35.7. The van der Waals surface area contributed by atoms with Gasteiger partial charge < -0.3 is 96.0 Å². The van der Waals surface area contributed by atoms with Crippen molar-refractivity contribution < 1.29 is 157 Å². The standard InChI is InChI=1S/C67H81N5O20S2.2Na/c1-40(73)71-55-51(76)36-66(64(85)86,91-59(55)57(80)53(78)38-69-62(83)48-23-17-44(18-24-48)42-12-5-3-6-13-42)89-30-10-33-93-32-9-16-50(75)46-21-27-47(28-22-46)61(82)68-29-35-94-34-11-31-90-67(65(87)88)37-52(77)56(72-41(2)74)60(92-67)58(81)54(79)39-70-63(84)49-25-19-45(20-26-49)43-14-7-4-8-15-43;;/h3-8,12-15,17-28,51-60,76-81H,9-11,16,29-39H2,1-2H3,(H,68,82)(H,69,83)(H,70,84)(H,71,73)(H,72,74)(H,85,86)(H,87,88);;/q;2*+1/p-2/t51?,52?,53-,54+,55?,56?,57+,58-,59?,60?,66?,67?;;/m1../s1. The molecule has 2 fully saturated rings. The third-order valence-electron chi connectivity index (χ3n) is 15.7. The number of aliphatic hydroxyl groups excluding tert-OH is 6. The fraction of sp³-hybridized carbons (Fsp3) is 0.433. The van der Waals surface area contributed by atoms with E-state index in [4.69, 9.17) is 18.9 Å². The van der Waals surface area contributed by atoms with Crippen molar-refractivity contribution in [2.24, 2.45) is 0 Å². The van der Waals surface area contributed by atoms with Gasteiger partial charge >= 0.3 is 59.1 Å². The summed E-state index contributed by atoms with van der Waals surface area (Å²) in [5.74, 6) is -10.0. The number of hydrogen-bond acceptors (Lipinski definition) is 22. The van der Waals surface area contributed by atoms with E-state index in [-0.39, 0.29) is 121 Å². The Morgan fingerprint density at radius 2 is 0.844 bits per heavy atom. The van der Waals surface area contributed by atoms with Crippen molar-refractivity contribution in [3.05, 3.63) is 156 Å². The van der Waals surface area contributed by atoms with Gasteiger partial charge in [-0.25, -0.2) is 0 Å². The van der Waals surface area contributed by atoms with Gasteiger partial charge in [-0.15, -0.1) is 0 Å². The average molecular weight is 1380 g/mol. The van der Waals surface area contributed by atoms with Gasteiger partial charge in [0.15, 0.2) is 5.78 Å². The number of amides is 5. The Bertz CT molecular complexity index is 3120. The third kappa shape index (κ3) is 23.2. The van der Waals surface area contributed by atoms with Crippen molar-refractivity contribution in [1.29, 1.82) is 0 Å². The molecule has 0 aromatic heterocycles. The van der Waals surface area contributed by atoms with E-state index in [2.05, 4.69) is 26.6 Å². The zero-order valence-corrected chi connectivity index (χ0v) is 59.4. The number of carbonyl (C=O) groups is 8. The molecule has 2 aliphatic heterocycles. The summed E-state index contributed by atoms with van der Waals surface area (Å²) in [7, 11) is 0. The van der Waals surface area contributed by atoms with Gasteiger partial charge in [0.2, 0.25) is 23.4 Å². The zero-order valence-electron chi connectivity index (χ0n) is 53.8. The number of hydrogen-bond donors (Lipinski definition) is 11. The van der Waals surface area contributed by atoms with Crippen LogP contribution in [-0.4, -0.2) is 206 Å². The summed E-state index contributed by atoms with van der Waals surface area (Å²) in [4.78, 5) is 101. The number of ketones is 1. The maximum absolute atomic E-state index is 13.0. The fourth-order valence-corrected chi connectivity index (χ4v) is 12.3. The Morgan fingerprint density at radius 1 is 0.500 bits per heavy atom. The predicted octanol–water partition coefficient (Wildman–Crippen LogP) is -5.49. The summed E-state index contributed by atoms with van der Waals surface area (Å²) in [5, 5.41) is 105. The largest absolute Gasteiger partial charge is 1.00 e. The first kappa shape index (κ1) is 81.0. The van der Waals surface area contributed by atoms with Gasteiger partial charge in [-0.3, -0.25) is 28.8 Å². The van der Waals surface area contributed by atoms with E-state index >= 15 is 0 Å². The van der Waals surface area contributed by atoms with Crippen LogP contribution in [0.4, 0.5) is 0 Å². The van der Waals surface area contributed by atoms with Crippen LogP contribution in [0.2, 0.25) is 0 Å². The first-order chi connectivity index (χ1) is 45.0. The Kier molecular flexibility index (Phi) is 33.6. The fourth-order valence-electron chi connectivity index (χ4n) is 10.7.